The van der Waals surface area contributed by atoms with E-state index in [1.165, 1.54) is 11.1 Å². The molecule has 0 unspecified atom stereocenters. The second-order valence-corrected chi connectivity index (χ2v) is 10.8. The Morgan fingerprint density at radius 3 is 2.12 bits per heavy atom. The van der Waals surface area contributed by atoms with Gasteiger partial charge in [0.2, 0.25) is 11.9 Å². The van der Waals surface area contributed by atoms with Crippen LogP contribution in [0.3, 0.4) is 0 Å². The molecule has 8 heteroatoms. The Balaban J connectivity index is 1.84. The molecule has 4 N–H and O–H groups in total. The van der Waals surface area contributed by atoms with E-state index in [0.29, 0.717) is 17.0 Å². The number of aryl methyl sites for hydroxylation is 4. The summed E-state index contributed by atoms with van der Waals surface area (Å²) in [5, 5.41) is 14.0. The summed E-state index contributed by atoms with van der Waals surface area (Å²) < 4.78 is 0. The molecule has 1 aliphatic heterocycles. The maximum Gasteiger partial charge on any atom is 0.229 e. The second-order valence-electron chi connectivity index (χ2n) is 10.4. The molecule has 2 aromatic rings. The molecular formula is C25H37N7S. The van der Waals surface area contributed by atoms with Crippen molar-refractivity contribution in [2.75, 3.05) is 10.6 Å². The number of guanidine groups is 1. The van der Waals surface area contributed by atoms with Gasteiger partial charge in [0.1, 0.15) is 0 Å². The van der Waals surface area contributed by atoms with E-state index >= 15 is 0 Å². The fourth-order valence-electron chi connectivity index (χ4n) is 4.61. The number of nitrogens with zero attached hydrogens (tertiary/aromatic N) is 3. The first kappa shape index (κ1) is 25.1. The number of hydrogen-bond acceptors (Lipinski definition) is 5. The molecule has 1 fully saturated rings. The molecule has 2 heterocycles. The summed E-state index contributed by atoms with van der Waals surface area (Å²) in [7, 11) is 0. The molecule has 0 atom stereocenters. The normalized spacial score (nSPS) is 18.0. The van der Waals surface area contributed by atoms with Gasteiger partial charge in [0.25, 0.3) is 0 Å². The SMILES string of the molecule is Cc1cc(C)nc(NC(=NC2CC(C)(C)NC(C)(C)C2)NC(=S)Nc2ccc(C)c(C)c2)n1. The third-order valence-electron chi connectivity index (χ3n) is 5.69. The fraction of sp³-hybridized carbons (Fsp3) is 0.520. The van der Waals surface area contributed by atoms with Crippen LogP contribution in [0.15, 0.2) is 29.3 Å². The van der Waals surface area contributed by atoms with Crippen molar-refractivity contribution in [3.05, 3.63) is 46.8 Å². The molecule has 0 amide bonds. The molecule has 0 bridgehead atoms. The van der Waals surface area contributed by atoms with Crippen LogP contribution in [0.25, 0.3) is 0 Å². The second kappa shape index (κ2) is 9.73. The zero-order valence-corrected chi connectivity index (χ0v) is 21.9. The highest BCUT2D eigenvalue weighted by Crippen LogP contribution is 2.30. The van der Waals surface area contributed by atoms with Crippen molar-refractivity contribution < 1.29 is 0 Å². The topological polar surface area (TPSA) is 86.3 Å². The molecule has 0 spiro atoms. The smallest absolute Gasteiger partial charge is 0.229 e. The minimum absolute atomic E-state index is 0.0182. The van der Waals surface area contributed by atoms with Crippen molar-refractivity contribution >= 4 is 34.9 Å². The molecular weight excluding hydrogens is 430 g/mol. The minimum Gasteiger partial charge on any atom is -0.332 e. The van der Waals surface area contributed by atoms with Crippen LogP contribution in [0.4, 0.5) is 11.6 Å². The monoisotopic (exact) mass is 467 g/mol. The van der Waals surface area contributed by atoms with Crippen LogP contribution in [-0.4, -0.2) is 38.2 Å². The molecule has 7 nitrogen and oxygen atoms in total. The maximum absolute atomic E-state index is 5.62. The van der Waals surface area contributed by atoms with Crippen molar-refractivity contribution in [3.8, 4) is 0 Å². The van der Waals surface area contributed by atoms with E-state index in [-0.39, 0.29) is 17.1 Å². The van der Waals surface area contributed by atoms with Crippen LogP contribution in [0.5, 0.6) is 0 Å². The van der Waals surface area contributed by atoms with Gasteiger partial charge in [-0.15, -0.1) is 0 Å². The summed E-state index contributed by atoms with van der Waals surface area (Å²) in [5.41, 5.74) is 5.13. The highest BCUT2D eigenvalue weighted by Gasteiger charge is 2.37. The Kier molecular flexibility index (Phi) is 7.39. The average Bonchev–Trinajstić information content (AvgIpc) is 2.61. The number of hydrogen-bond donors (Lipinski definition) is 4. The molecule has 0 radical (unpaired) electrons. The lowest BCUT2D eigenvalue weighted by molar-refractivity contribution is 0.164. The van der Waals surface area contributed by atoms with Crippen LogP contribution < -0.4 is 21.3 Å². The van der Waals surface area contributed by atoms with Crippen LogP contribution in [0.2, 0.25) is 0 Å². The molecule has 1 aliphatic rings. The molecule has 33 heavy (non-hydrogen) atoms. The molecule has 1 saturated heterocycles. The van der Waals surface area contributed by atoms with E-state index in [1.807, 2.05) is 26.0 Å². The van der Waals surface area contributed by atoms with Gasteiger partial charge in [-0.05, 0) is 110 Å². The van der Waals surface area contributed by atoms with Crippen LogP contribution in [0.1, 0.15) is 63.1 Å². The molecule has 178 valence electrons. The van der Waals surface area contributed by atoms with Gasteiger partial charge < -0.3 is 16.0 Å². The lowest BCUT2D eigenvalue weighted by Gasteiger charge is -2.45. The first-order chi connectivity index (χ1) is 15.3. The minimum atomic E-state index is -0.0182. The third-order valence-corrected chi connectivity index (χ3v) is 5.89. The highest BCUT2D eigenvalue weighted by molar-refractivity contribution is 7.80. The number of piperidine rings is 1. The van der Waals surface area contributed by atoms with Crippen LogP contribution >= 0.6 is 12.2 Å². The molecule has 3 rings (SSSR count). The van der Waals surface area contributed by atoms with Gasteiger partial charge in [0, 0.05) is 28.2 Å². The number of benzene rings is 1. The Bertz CT molecular complexity index is 1020. The summed E-state index contributed by atoms with van der Waals surface area (Å²) in [4.78, 5) is 14.1. The first-order valence-corrected chi connectivity index (χ1v) is 11.8. The Morgan fingerprint density at radius 2 is 1.55 bits per heavy atom. The molecule has 0 aliphatic carbocycles. The quantitative estimate of drug-likeness (QED) is 0.294. The van der Waals surface area contributed by atoms with Crippen molar-refractivity contribution in [3.63, 3.8) is 0 Å². The summed E-state index contributed by atoms with van der Waals surface area (Å²) >= 11 is 5.62. The summed E-state index contributed by atoms with van der Waals surface area (Å²) in [6, 6.07) is 8.24. The number of rotatable bonds is 3. The van der Waals surface area contributed by atoms with E-state index in [0.717, 1.165) is 29.9 Å². The van der Waals surface area contributed by atoms with Gasteiger partial charge in [-0.25, -0.2) is 15.0 Å². The van der Waals surface area contributed by atoms with Crippen molar-refractivity contribution in [2.24, 2.45) is 4.99 Å². The Morgan fingerprint density at radius 1 is 0.939 bits per heavy atom. The lowest BCUT2D eigenvalue weighted by Crippen LogP contribution is -2.59. The zero-order chi connectivity index (χ0) is 24.4. The largest absolute Gasteiger partial charge is 0.332 e. The number of nitrogens with one attached hydrogen (secondary N) is 4. The predicted octanol–water partition coefficient (Wildman–Crippen LogP) is 4.77. The van der Waals surface area contributed by atoms with E-state index in [2.05, 4.69) is 84.9 Å². The molecule has 0 saturated carbocycles. The van der Waals surface area contributed by atoms with Crippen molar-refractivity contribution in [1.29, 1.82) is 0 Å². The first-order valence-electron chi connectivity index (χ1n) is 11.4. The van der Waals surface area contributed by atoms with Gasteiger partial charge in [-0.1, -0.05) is 6.07 Å². The number of anilines is 2. The predicted molar refractivity (Wildman–Crippen MR) is 142 cm³/mol. The van der Waals surface area contributed by atoms with E-state index in [9.17, 15) is 0 Å². The fourth-order valence-corrected chi connectivity index (χ4v) is 4.83. The van der Waals surface area contributed by atoms with E-state index < -0.39 is 0 Å². The standard InChI is InChI=1S/C25H37N7S/c1-15-9-10-19(11-16(15)2)29-23(33)31-22(30-21-26-17(3)12-18(4)27-21)28-20-13-24(5,6)32-25(7,8)14-20/h9-12,20,32H,13-14H2,1-8H3,(H3,26,27,28,29,30,31,33). The summed E-state index contributed by atoms with van der Waals surface area (Å²) in [5.74, 6) is 1.04. The third kappa shape index (κ3) is 7.47. The lowest BCUT2D eigenvalue weighted by atomic mass is 9.80. The number of aromatic nitrogens is 2. The van der Waals surface area contributed by atoms with Gasteiger partial charge in [0.15, 0.2) is 5.11 Å². The van der Waals surface area contributed by atoms with Gasteiger partial charge in [-0.2, -0.15) is 0 Å². The zero-order valence-electron chi connectivity index (χ0n) is 21.1. The molecule has 1 aromatic carbocycles. The van der Waals surface area contributed by atoms with Crippen LogP contribution in [0, 0.1) is 27.7 Å². The number of thiocarbonyl (C=S) groups is 1. The summed E-state index contributed by atoms with van der Waals surface area (Å²) in [6.07, 6.45) is 1.82. The van der Waals surface area contributed by atoms with Gasteiger partial charge in [-0.3, -0.25) is 5.32 Å². The van der Waals surface area contributed by atoms with Crippen molar-refractivity contribution in [1.82, 2.24) is 20.6 Å². The van der Waals surface area contributed by atoms with E-state index in [1.54, 1.807) is 0 Å². The average molecular weight is 468 g/mol. The maximum atomic E-state index is 5.62. The summed E-state index contributed by atoms with van der Waals surface area (Å²) in [6.45, 7) is 17.0. The van der Waals surface area contributed by atoms with E-state index in [4.69, 9.17) is 17.2 Å². The van der Waals surface area contributed by atoms with Crippen molar-refractivity contribution in [2.45, 2.75) is 85.4 Å². The Labute approximate surface area is 203 Å². The Hall–Kier alpha value is -2.58. The highest BCUT2D eigenvalue weighted by atomic mass is 32.1. The van der Waals surface area contributed by atoms with Gasteiger partial charge in [0.05, 0.1) is 6.04 Å². The number of aliphatic imine (C=N–C) groups is 1. The molecule has 1 aromatic heterocycles. The van der Waals surface area contributed by atoms with Gasteiger partial charge >= 0.3 is 0 Å². The van der Waals surface area contributed by atoms with Crippen LogP contribution in [-0.2, 0) is 0 Å².